The number of aldehydes is 1. The van der Waals surface area contributed by atoms with Crippen LogP contribution in [0.4, 0.5) is 0 Å². The quantitative estimate of drug-likeness (QED) is 0.700. The molecule has 0 bridgehead atoms. The van der Waals surface area contributed by atoms with Gasteiger partial charge in [-0.2, -0.15) is 0 Å². The van der Waals surface area contributed by atoms with Gasteiger partial charge in [0.1, 0.15) is 12.0 Å². The molecule has 0 aliphatic carbocycles. The van der Waals surface area contributed by atoms with Crippen LogP contribution in [0.2, 0.25) is 0 Å². The van der Waals surface area contributed by atoms with Gasteiger partial charge in [0.15, 0.2) is 0 Å². The second kappa shape index (κ2) is 6.15. The van der Waals surface area contributed by atoms with E-state index < -0.39 is 0 Å². The molecule has 1 amide bonds. The summed E-state index contributed by atoms with van der Waals surface area (Å²) in [5.74, 6) is -0.160. The highest BCUT2D eigenvalue weighted by atomic mass is 79.9. The molecule has 2 aromatic carbocycles. The number of fused-ring (bicyclic) bond motifs is 1. The number of hydrogen-bond donors (Lipinski definition) is 2. The lowest BCUT2D eigenvalue weighted by atomic mass is 10.1. The molecule has 110 valence electrons. The molecular weight excluding hydrogens is 344 g/mol. The molecular formula is C17H13BrN2O2. The van der Waals surface area contributed by atoms with Gasteiger partial charge in [-0.05, 0) is 29.8 Å². The Hall–Kier alpha value is -2.40. The first-order valence-electron chi connectivity index (χ1n) is 6.76. The predicted molar refractivity (Wildman–Crippen MR) is 89.0 cm³/mol. The van der Waals surface area contributed by atoms with Crippen molar-refractivity contribution >= 4 is 39.0 Å². The number of benzene rings is 2. The molecule has 3 aromatic rings. The number of rotatable bonds is 4. The highest BCUT2D eigenvalue weighted by Gasteiger charge is 2.09. The molecule has 0 saturated carbocycles. The number of hydrogen-bond acceptors (Lipinski definition) is 2. The Kier molecular flexibility index (Phi) is 4.06. The van der Waals surface area contributed by atoms with Crippen molar-refractivity contribution in [2.75, 3.05) is 0 Å². The van der Waals surface area contributed by atoms with Crippen LogP contribution in [-0.2, 0) is 6.54 Å². The van der Waals surface area contributed by atoms with E-state index in [1.807, 2.05) is 36.4 Å². The molecule has 22 heavy (non-hydrogen) atoms. The first kappa shape index (κ1) is 14.5. The molecule has 0 fully saturated rings. The molecule has 2 N–H and O–H groups in total. The van der Waals surface area contributed by atoms with Crippen molar-refractivity contribution < 1.29 is 9.59 Å². The maximum Gasteiger partial charge on any atom is 0.267 e. The summed E-state index contributed by atoms with van der Waals surface area (Å²) in [6.45, 7) is 0.414. The molecule has 5 heteroatoms. The molecule has 1 heterocycles. The van der Waals surface area contributed by atoms with Crippen LogP contribution in [0.3, 0.4) is 0 Å². The van der Waals surface area contributed by atoms with Gasteiger partial charge in [0.2, 0.25) is 0 Å². The molecule has 0 radical (unpaired) electrons. The molecule has 0 aliphatic rings. The second-order valence-electron chi connectivity index (χ2n) is 4.96. The minimum absolute atomic E-state index is 0.160. The Morgan fingerprint density at radius 2 is 1.91 bits per heavy atom. The zero-order valence-corrected chi connectivity index (χ0v) is 13.2. The van der Waals surface area contributed by atoms with Crippen molar-refractivity contribution in [1.29, 1.82) is 0 Å². The van der Waals surface area contributed by atoms with Crippen LogP contribution in [0.25, 0.3) is 10.9 Å². The molecule has 0 saturated heterocycles. The fourth-order valence-corrected chi connectivity index (χ4v) is 2.60. The van der Waals surface area contributed by atoms with E-state index in [0.717, 1.165) is 27.2 Å². The fourth-order valence-electron chi connectivity index (χ4n) is 2.22. The van der Waals surface area contributed by atoms with Crippen LogP contribution in [0.5, 0.6) is 0 Å². The van der Waals surface area contributed by atoms with Gasteiger partial charge in [0, 0.05) is 27.5 Å². The molecule has 1 aromatic heterocycles. The summed E-state index contributed by atoms with van der Waals surface area (Å²) in [5.41, 5.74) is 3.01. The van der Waals surface area contributed by atoms with E-state index in [0.29, 0.717) is 17.8 Å². The number of halogens is 1. The molecule has 0 spiro atoms. The highest BCUT2D eigenvalue weighted by Crippen LogP contribution is 2.20. The van der Waals surface area contributed by atoms with E-state index in [-0.39, 0.29) is 5.91 Å². The largest absolute Gasteiger partial charge is 0.351 e. The first-order chi connectivity index (χ1) is 10.7. The maximum atomic E-state index is 12.2. The standard InChI is InChI=1S/C17H13BrN2O2/c18-14-5-6-15-13(7-14)8-16(20-15)17(22)19-9-11-1-3-12(10-21)4-2-11/h1-8,10,20H,9H2,(H,19,22). The van der Waals surface area contributed by atoms with Crippen molar-refractivity contribution in [2.45, 2.75) is 6.54 Å². The predicted octanol–water partition coefficient (Wildman–Crippen LogP) is 3.67. The van der Waals surface area contributed by atoms with Gasteiger partial charge >= 0.3 is 0 Å². The van der Waals surface area contributed by atoms with Crippen LogP contribution in [0.1, 0.15) is 26.4 Å². The number of carbonyl (C=O) groups excluding carboxylic acids is 2. The monoisotopic (exact) mass is 356 g/mol. The van der Waals surface area contributed by atoms with Crippen molar-refractivity contribution in [3.05, 3.63) is 69.8 Å². The van der Waals surface area contributed by atoms with E-state index >= 15 is 0 Å². The number of nitrogens with one attached hydrogen (secondary N) is 2. The van der Waals surface area contributed by atoms with Crippen LogP contribution < -0.4 is 5.32 Å². The lowest BCUT2D eigenvalue weighted by Crippen LogP contribution is -2.23. The van der Waals surface area contributed by atoms with E-state index in [1.54, 1.807) is 12.1 Å². The lowest BCUT2D eigenvalue weighted by Gasteiger charge is -2.04. The minimum atomic E-state index is -0.160. The smallest absolute Gasteiger partial charge is 0.267 e. The topological polar surface area (TPSA) is 62.0 Å². The van der Waals surface area contributed by atoms with Crippen LogP contribution in [-0.4, -0.2) is 17.2 Å². The Morgan fingerprint density at radius 1 is 1.14 bits per heavy atom. The molecule has 4 nitrogen and oxygen atoms in total. The fraction of sp³-hybridized carbons (Fsp3) is 0.0588. The summed E-state index contributed by atoms with van der Waals surface area (Å²) in [4.78, 5) is 25.9. The molecule has 3 rings (SSSR count). The van der Waals surface area contributed by atoms with Crippen molar-refractivity contribution in [1.82, 2.24) is 10.3 Å². The summed E-state index contributed by atoms with van der Waals surface area (Å²) >= 11 is 3.41. The number of amides is 1. The summed E-state index contributed by atoms with van der Waals surface area (Å²) in [5, 5.41) is 3.84. The number of H-pyrrole nitrogens is 1. The van der Waals surface area contributed by atoms with Gasteiger partial charge in [-0.25, -0.2) is 0 Å². The lowest BCUT2D eigenvalue weighted by molar-refractivity contribution is 0.0946. The highest BCUT2D eigenvalue weighted by molar-refractivity contribution is 9.10. The number of carbonyl (C=O) groups is 2. The van der Waals surface area contributed by atoms with Crippen molar-refractivity contribution in [2.24, 2.45) is 0 Å². The van der Waals surface area contributed by atoms with E-state index in [4.69, 9.17) is 0 Å². The van der Waals surface area contributed by atoms with Crippen molar-refractivity contribution in [3.63, 3.8) is 0 Å². The number of aromatic nitrogens is 1. The van der Waals surface area contributed by atoms with Gasteiger partial charge < -0.3 is 10.3 Å². The van der Waals surface area contributed by atoms with Gasteiger partial charge in [-0.15, -0.1) is 0 Å². The Labute approximate surface area is 135 Å². The first-order valence-corrected chi connectivity index (χ1v) is 7.55. The van der Waals surface area contributed by atoms with E-state index in [1.165, 1.54) is 0 Å². The second-order valence-corrected chi connectivity index (χ2v) is 5.87. The molecule has 0 unspecified atom stereocenters. The zero-order valence-electron chi connectivity index (χ0n) is 11.6. The summed E-state index contributed by atoms with van der Waals surface area (Å²) in [6, 6.07) is 14.7. The average Bonchev–Trinajstić information content (AvgIpc) is 2.96. The number of aromatic amines is 1. The van der Waals surface area contributed by atoms with Gasteiger partial charge in [-0.1, -0.05) is 40.2 Å². The van der Waals surface area contributed by atoms with Gasteiger partial charge in [0.05, 0.1) is 0 Å². The maximum absolute atomic E-state index is 12.2. The van der Waals surface area contributed by atoms with Crippen LogP contribution >= 0.6 is 15.9 Å². The van der Waals surface area contributed by atoms with Crippen LogP contribution in [0.15, 0.2) is 53.0 Å². The Balaban J connectivity index is 1.71. The summed E-state index contributed by atoms with van der Waals surface area (Å²) < 4.78 is 0.973. The summed E-state index contributed by atoms with van der Waals surface area (Å²) in [7, 11) is 0. The third-order valence-corrected chi connectivity index (χ3v) is 3.89. The SMILES string of the molecule is O=Cc1ccc(CNC(=O)c2cc3cc(Br)ccc3[nH]2)cc1. The average molecular weight is 357 g/mol. The Bertz CT molecular complexity index is 837. The van der Waals surface area contributed by atoms with E-state index in [2.05, 4.69) is 26.2 Å². The summed E-state index contributed by atoms with van der Waals surface area (Å²) in [6.07, 6.45) is 0.797. The van der Waals surface area contributed by atoms with Gasteiger partial charge in [-0.3, -0.25) is 9.59 Å². The van der Waals surface area contributed by atoms with Crippen molar-refractivity contribution in [3.8, 4) is 0 Å². The third kappa shape index (κ3) is 3.09. The van der Waals surface area contributed by atoms with E-state index in [9.17, 15) is 9.59 Å². The van der Waals surface area contributed by atoms with Crippen LogP contribution in [0, 0.1) is 0 Å². The Morgan fingerprint density at radius 3 is 2.64 bits per heavy atom. The minimum Gasteiger partial charge on any atom is -0.351 e. The van der Waals surface area contributed by atoms with Gasteiger partial charge in [0.25, 0.3) is 5.91 Å². The third-order valence-electron chi connectivity index (χ3n) is 3.40. The zero-order chi connectivity index (χ0) is 15.5. The normalized spacial score (nSPS) is 10.6. The molecule has 0 atom stereocenters. The molecule has 0 aliphatic heterocycles.